The van der Waals surface area contributed by atoms with Gasteiger partial charge in [-0.15, -0.1) is 0 Å². The monoisotopic (exact) mass is 530 g/mol. The Kier molecular flexibility index (Phi) is 6.12. The van der Waals surface area contributed by atoms with Crippen molar-refractivity contribution < 1.29 is 32.2 Å². The summed E-state index contributed by atoms with van der Waals surface area (Å²) in [6.45, 7) is -0.338. The number of rotatable bonds is 7. The molecule has 2 N–H and O–H groups in total. The van der Waals surface area contributed by atoms with E-state index in [1.165, 1.54) is 7.05 Å². The third-order valence-corrected chi connectivity index (χ3v) is 7.91. The molecule has 3 aliphatic heterocycles. The van der Waals surface area contributed by atoms with E-state index < -0.39 is 42.3 Å². The first-order valence-electron chi connectivity index (χ1n) is 12.8. The average Bonchev–Trinajstić information content (AvgIpc) is 3.44. The van der Waals surface area contributed by atoms with Crippen LogP contribution in [-0.4, -0.2) is 60.2 Å². The average molecular weight is 531 g/mol. The maximum atomic E-state index is 14.2. The first-order valence-corrected chi connectivity index (χ1v) is 12.8. The van der Waals surface area contributed by atoms with Crippen LogP contribution in [0.1, 0.15) is 36.0 Å². The lowest BCUT2D eigenvalue weighted by Gasteiger charge is -2.41. The van der Waals surface area contributed by atoms with Crippen LogP contribution in [-0.2, 0) is 32.8 Å². The largest absolute Gasteiger partial charge is 0.409 e. The Bertz CT molecular complexity index is 1240. The van der Waals surface area contributed by atoms with E-state index in [0.717, 1.165) is 16.0 Å². The Hall–Kier alpha value is -3.15. The van der Waals surface area contributed by atoms with Crippen LogP contribution in [0.3, 0.4) is 0 Å². The number of nitrogens with one attached hydrogen (secondary N) is 2. The summed E-state index contributed by atoms with van der Waals surface area (Å²) in [7, 11) is 1.53. The lowest BCUT2D eigenvalue weighted by Crippen LogP contribution is -2.60. The van der Waals surface area contributed by atoms with Crippen molar-refractivity contribution in [2.45, 2.75) is 62.7 Å². The third-order valence-electron chi connectivity index (χ3n) is 7.91. The molecule has 3 saturated heterocycles. The fraction of sp³-hybridized carbons (Fsp3) is 0.481. The molecular weight excluding hydrogens is 501 g/mol. The summed E-state index contributed by atoms with van der Waals surface area (Å²) in [5.41, 5.74) is 2.41. The Balaban J connectivity index is 1.21. The second-order valence-corrected chi connectivity index (χ2v) is 10.4. The number of anilines is 1. The van der Waals surface area contributed by atoms with E-state index >= 15 is 0 Å². The molecule has 3 amide bonds. The number of carbonyl (C=O) groups is 2. The van der Waals surface area contributed by atoms with Crippen LogP contribution in [0.25, 0.3) is 0 Å². The smallest absolute Gasteiger partial charge is 0.341 e. The minimum absolute atomic E-state index is 0.111. The predicted molar refractivity (Wildman–Crippen MR) is 131 cm³/mol. The van der Waals surface area contributed by atoms with Crippen molar-refractivity contribution >= 4 is 17.6 Å². The first kappa shape index (κ1) is 25.1. The molecule has 202 valence electrons. The number of benzene rings is 2. The Labute approximate surface area is 218 Å². The van der Waals surface area contributed by atoms with Gasteiger partial charge < -0.3 is 25.0 Å². The van der Waals surface area contributed by atoms with Crippen LogP contribution in [0.5, 0.6) is 0 Å². The van der Waals surface area contributed by atoms with Crippen LogP contribution < -0.4 is 10.6 Å². The van der Waals surface area contributed by atoms with Crippen molar-refractivity contribution in [1.29, 1.82) is 0 Å². The van der Waals surface area contributed by atoms with Crippen LogP contribution in [0, 0.1) is 5.92 Å². The van der Waals surface area contributed by atoms with E-state index in [4.69, 9.17) is 9.47 Å². The highest BCUT2D eigenvalue weighted by atomic mass is 19.4. The summed E-state index contributed by atoms with van der Waals surface area (Å²) in [6.07, 6.45) is -3.66. The second-order valence-electron chi connectivity index (χ2n) is 10.4. The molecule has 38 heavy (non-hydrogen) atoms. The molecule has 4 atom stereocenters. The highest BCUT2D eigenvalue weighted by Gasteiger charge is 2.67. The van der Waals surface area contributed by atoms with Crippen LogP contribution >= 0.6 is 0 Å². The minimum atomic E-state index is -4.52. The van der Waals surface area contributed by atoms with E-state index in [1.807, 2.05) is 12.1 Å². The number of carbonyl (C=O) groups excluding carboxylic acids is 2. The summed E-state index contributed by atoms with van der Waals surface area (Å²) < 4.78 is 54.7. The normalized spacial score (nSPS) is 26.5. The lowest BCUT2D eigenvalue weighted by molar-refractivity contribution is -0.285. The number of halogens is 3. The van der Waals surface area contributed by atoms with Crippen molar-refractivity contribution in [3.05, 3.63) is 65.2 Å². The Morgan fingerprint density at radius 3 is 2.63 bits per heavy atom. The maximum absolute atomic E-state index is 14.2. The summed E-state index contributed by atoms with van der Waals surface area (Å²) in [5.74, 6) is -1.17. The van der Waals surface area contributed by atoms with Gasteiger partial charge in [-0.1, -0.05) is 36.4 Å². The minimum Gasteiger partial charge on any atom is -0.341 e. The van der Waals surface area contributed by atoms with E-state index in [-0.39, 0.29) is 19.1 Å². The van der Waals surface area contributed by atoms with E-state index in [0.29, 0.717) is 36.9 Å². The molecular formula is C27H29F3N4O4. The molecule has 2 unspecified atom stereocenters. The zero-order chi connectivity index (χ0) is 26.7. The molecule has 1 spiro atoms. The maximum Gasteiger partial charge on any atom is 0.409 e. The van der Waals surface area contributed by atoms with Crippen molar-refractivity contribution in [3.8, 4) is 0 Å². The molecule has 0 aromatic heterocycles. The van der Waals surface area contributed by atoms with Gasteiger partial charge >= 0.3 is 12.2 Å². The van der Waals surface area contributed by atoms with Gasteiger partial charge in [-0.2, -0.15) is 13.2 Å². The zero-order valence-electron chi connectivity index (χ0n) is 20.8. The van der Waals surface area contributed by atoms with Crippen LogP contribution in [0.4, 0.5) is 23.7 Å². The fourth-order valence-corrected chi connectivity index (χ4v) is 5.98. The van der Waals surface area contributed by atoms with Gasteiger partial charge in [-0.05, 0) is 60.4 Å². The molecule has 3 heterocycles. The number of ether oxygens (including phenoxy) is 2. The topological polar surface area (TPSA) is 83.1 Å². The molecule has 4 fully saturated rings. The number of urea groups is 1. The molecule has 5 aliphatic rings. The molecule has 2 aromatic carbocycles. The van der Waals surface area contributed by atoms with Gasteiger partial charge in [0, 0.05) is 19.3 Å². The molecule has 2 bridgehead atoms. The number of hydrogen-bond donors (Lipinski definition) is 2. The van der Waals surface area contributed by atoms with Gasteiger partial charge in [0.05, 0.1) is 6.54 Å². The van der Waals surface area contributed by atoms with Crippen molar-refractivity contribution in [3.63, 3.8) is 0 Å². The Morgan fingerprint density at radius 2 is 1.95 bits per heavy atom. The molecule has 11 heteroatoms. The van der Waals surface area contributed by atoms with E-state index in [9.17, 15) is 22.8 Å². The first-order chi connectivity index (χ1) is 18.2. The summed E-state index contributed by atoms with van der Waals surface area (Å²) in [4.78, 5) is 27.9. The predicted octanol–water partition coefficient (Wildman–Crippen LogP) is 3.92. The molecule has 2 aromatic rings. The van der Waals surface area contributed by atoms with Gasteiger partial charge in [-0.25, -0.2) is 9.69 Å². The molecule has 7 rings (SSSR count). The SMILES string of the molecule is CNC(=O)Nc1ccc2c(c1)CC[C@]21OC2OC1N2CC(=O)N(Cc1ccccc1)[C@H](C1CC1)C(F)(F)F. The number of fused-ring (bicyclic) bond motifs is 1. The van der Waals surface area contributed by atoms with Crippen LogP contribution in [0.2, 0.25) is 0 Å². The third kappa shape index (κ3) is 4.32. The fourth-order valence-electron chi connectivity index (χ4n) is 5.98. The van der Waals surface area contributed by atoms with Gasteiger partial charge in [0.2, 0.25) is 12.3 Å². The molecule has 0 radical (unpaired) electrons. The van der Waals surface area contributed by atoms with Crippen molar-refractivity contribution in [2.75, 3.05) is 18.9 Å². The molecule has 1 saturated carbocycles. The van der Waals surface area contributed by atoms with Gasteiger partial charge in [-0.3, -0.25) is 4.79 Å². The van der Waals surface area contributed by atoms with E-state index in [2.05, 4.69) is 10.6 Å². The number of nitrogens with zero attached hydrogens (tertiary/aromatic N) is 2. The van der Waals surface area contributed by atoms with Gasteiger partial charge in [0.15, 0.2) is 6.23 Å². The highest BCUT2D eigenvalue weighted by molar-refractivity contribution is 5.89. The number of amides is 3. The number of alkyl halides is 3. The molecule has 8 nitrogen and oxygen atoms in total. The van der Waals surface area contributed by atoms with Gasteiger partial charge in [0.25, 0.3) is 0 Å². The van der Waals surface area contributed by atoms with Crippen LogP contribution in [0.15, 0.2) is 48.5 Å². The summed E-state index contributed by atoms with van der Waals surface area (Å²) in [5, 5.41) is 5.26. The Morgan fingerprint density at radius 1 is 1.18 bits per heavy atom. The summed E-state index contributed by atoms with van der Waals surface area (Å²) in [6, 6.07) is 12.2. The second kappa shape index (κ2) is 9.25. The number of hydrogen-bond acceptors (Lipinski definition) is 5. The van der Waals surface area contributed by atoms with Crippen molar-refractivity contribution in [1.82, 2.24) is 15.1 Å². The standard InChI is InChI=1S/C27H29F3N4O4/c1-31-24(36)32-19-9-10-20-18(13-19)11-12-26(20)23-34(25(37-23)38-26)15-21(35)33(14-16-5-3-2-4-6-16)22(17-7-8-17)27(28,29)30/h2-6,9-10,13,17,22-23,25H,7-8,11-12,14-15H2,1H3,(H2,31,32,36)/t22-,23?,25?,26+/m1/s1. The van der Waals surface area contributed by atoms with Gasteiger partial charge in [0.1, 0.15) is 11.6 Å². The highest BCUT2D eigenvalue weighted by Crippen LogP contribution is 2.56. The van der Waals surface area contributed by atoms with E-state index in [1.54, 1.807) is 41.3 Å². The summed E-state index contributed by atoms with van der Waals surface area (Å²) >= 11 is 0. The van der Waals surface area contributed by atoms with Crippen molar-refractivity contribution in [2.24, 2.45) is 5.92 Å². The molecule has 2 aliphatic carbocycles. The number of aryl methyl sites for hydroxylation is 1. The lowest BCUT2D eigenvalue weighted by atomic mass is 9.93. The quantitative estimate of drug-likeness (QED) is 0.567. The zero-order valence-corrected chi connectivity index (χ0v) is 20.8.